The third kappa shape index (κ3) is 2.58. The Morgan fingerprint density at radius 1 is 1.40 bits per heavy atom. The van der Waals surface area contributed by atoms with Gasteiger partial charge in [0.1, 0.15) is 12.0 Å². The van der Waals surface area contributed by atoms with Gasteiger partial charge in [-0.05, 0) is 25.0 Å². The first-order valence-electron chi connectivity index (χ1n) is 6.71. The van der Waals surface area contributed by atoms with Crippen LogP contribution in [0.15, 0.2) is 42.9 Å². The predicted octanol–water partition coefficient (Wildman–Crippen LogP) is 1.44. The summed E-state index contributed by atoms with van der Waals surface area (Å²) in [5.41, 5.74) is 7.30. The van der Waals surface area contributed by atoms with E-state index in [1.807, 2.05) is 34.9 Å². The smallest absolute Gasteiger partial charge is 0.273 e. The molecule has 0 saturated heterocycles. The highest BCUT2D eigenvalue weighted by Gasteiger charge is 2.40. The largest absolute Gasteiger partial charge is 0.338 e. The van der Waals surface area contributed by atoms with Gasteiger partial charge in [-0.25, -0.2) is 4.98 Å². The van der Waals surface area contributed by atoms with Gasteiger partial charge in [-0.3, -0.25) is 4.79 Å². The van der Waals surface area contributed by atoms with E-state index >= 15 is 0 Å². The molecule has 20 heavy (non-hydrogen) atoms. The second-order valence-corrected chi connectivity index (χ2v) is 5.53. The van der Waals surface area contributed by atoms with Gasteiger partial charge < -0.3 is 15.2 Å². The van der Waals surface area contributed by atoms with E-state index in [2.05, 4.69) is 4.98 Å². The molecule has 0 spiro atoms. The minimum absolute atomic E-state index is 0.0867. The van der Waals surface area contributed by atoms with Gasteiger partial charge in [-0.1, -0.05) is 18.2 Å². The number of para-hydroxylation sites is 1. The number of rotatable bonds is 4. The van der Waals surface area contributed by atoms with Crippen molar-refractivity contribution in [1.82, 2.24) is 14.5 Å². The lowest BCUT2D eigenvalue weighted by atomic mass is 10.2. The molecule has 2 aromatic rings. The van der Waals surface area contributed by atoms with Crippen molar-refractivity contribution in [1.29, 1.82) is 0 Å². The van der Waals surface area contributed by atoms with E-state index in [1.165, 1.54) is 0 Å². The van der Waals surface area contributed by atoms with Gasteiger partial charge in [0.25, 0.3) is 5.91 Å². The highest BCUT2D eigenvalue weighted by molar-refractivity contribution is 5.92. The molecule has 1 amide bonds. The topological polar surface area (TPSA) is 64.2 Å². The molecule has 0 radical (unpaired) electrons. The average molecular weight is 270 g/mol. The van der Waals surface area contributed by atoms with Gasteiger partial charge >= 0.3 is 0 Å². The van der Waals surface area contributed by atoms with Crippen molar-refractivity contribution < 1.29 is 4.79 Å². The molecule has 5 heteroatoms. The monoisotopic (exact) mass is 270 g/mol. The second kappa shape index (κ2) is 4.76. The van der Waals surface area contributed by atoms with E-state index in [0.717, 1.165) is 18.5 Å². The molecule has 0 atom stereocenters. The van der Waals surface area contributed by atoms with Crippen LogP contribution in [-0.4, -0.2) is 39.5 Å². The summed E-state index contributed by atoms with van der Waals surface area (Å²) in [7, 11) is 1.77. The lowest BCUT2D eigenvalue weighted by Crippen LogP contribution is -2.40. The maximum Gasteiger partial charge on any atom is 0.273 e. The molecule has 0 aliphatic heterocycles. The van der Waals surface area contributed by atoms with Gasteiger partial charge in [-0.2, -0.15) is 0 Å². The fourth-order valence-corrected chi connectivity index (χ4v) is 2.23. The molecule has 1 aromatic carbocycles. The zero-order valence-corrected chi connectivity index (χ0v) is 11.5. The van der Waals surface area contributed by atoms with Gasteiger partial charge in [0, 0.05) is 31.0 Å². The van der Waals surface area contributed by atoms with E-state index < -0.39 is 0 Å². The fraction of sp³-hybridized carbons (Fsp3) is 0.333. The number of nitrogens with zero attached hydrogens (tertiary/aromatic N) is 3. The Morgan fingerprint density at radius 2 is 2.10 bits per heavy atom. The molecule has 1 aliphatic carbocycles. The number of hydrogen-bond acceptors (Lipinski definition) is 3. The molecule has 0 bridgehead atoms. The summed E-state index contributed by atoms with van der Waals surface area (Å²) in [6, 6.07) is 9.80. The molecule has 0 unspecified atom stereocenters. The SMILES string of the molecule is CN(CC1(N)CC1)C(=O)c1cn(-c2ccccc2)cn1. The first kappa shape index (κ1) is 12.9. The van der Waals surface area contributed by atoms with Crippen molar-refractivity contribution in [2.24, 2.45) is 5.73 Å². The number of aromatic nitrogens is 2. The zero-order valence-electron chi connectivity index (χ0n) is 11.5. The van der Waals surface area contributed by atoms with Crippen LogP contribution < -0.4 is 5.73 Å². The fourth-order valence-electron chi connectivity index (χ4n) is 2.23. The van der Waals surface area contributed by atoms with Gasteiger partial charge in [0.2, 0.25) is 0 Å². The number of carbonyl (C=O) groups excluding carboxylic acids is 1. The average Bonchev–Trinajstić information content (AvgIpc) is 3.00. The number of nitrogens with two attached hydrogens (primary N) is 1. The number of likely N-dealkylation sites (N-methyl/N-ethyl adjacent to an activating group) is 1. The lowest BCUT2D eigenvalue weighted by Gasteiger charge is -2.19. The van der Waals surface area contributed by atoms with Crippen LogP contribution in [0, 0.1) is 0 Å². The minimum atomic E-state index is -0.174. The van der Waals surface area contributed by atoms with Crippen molar-refractivity contribution in [3.63, 3.8) is 0 Å². The second-order valence-electron chi connectivity index (χ2n) is 5.53. The van der Waals surface area contributed by atoms with Crippen molar-refractivity contribution >= 4 is 5.91 Å². The van der Waals surface area contributed by atoms with Crippen LogP contribution in [-0.2, 0) is 0 Å². The van der Waals surface area contributed by atoms with Crippen LogP contribution >= 0.6 is 0 Å². The molecule has 1 aromatic heterocycles. The van der Waals surface area contributed by atoms with Crippen molar-refractivity contribution in [2.45, 2.75) is 18.4 Å². The summed E-state index contributed by atoms with van der Waals surface area (Å²) in [6.45, 7) is 0.587. The van der Waals surface area contributed by atoms with Crippen LogP contribution in [0.4, 0.5) is 0 Å². The quantitative estimate of drug-likeness (QED) is 0.914. The summed E-state index contributed by atoms with van der Waals surface area (Å²) in [4.78, 5) is 18.1. The van der Waals surface area contributed by atoms with E-state index in [-0.39, 0.29) is 11.4 Å². The highest BCUT2D eigenvalue weighted by atomic mass is 16.2. The molecule has 2 N–H and O–H groups in total. The summed E-state index contributed by atoms with van der Waals surface area (Å²) < 4.78 is 1.84. The molecule has 1 fully saturated rings. The molecule has 5 nitrogen and oxygen atoms in total. The van der Waals surface area contributed by atoms with Crippen molar-refractivity contribution in [3.05, 3.63) is 48.5 Å². The van der Waals surface area contributed by atoms with E-state index in [4.69, 9.17) is 5.73 Å². The first-order chi connectivity index (χ1) is 9.57. The summed E-state index contributed by atoms with van der Waals surface area (Å²) >= 11 is 0. The normalized spacial score (nSPS) is 15.9. The maximum atomic E-state index is 12.3. The summed E-state index contributed by atoms with van der Waals surface area (Å²) in [5, 5.41) is 0. The van der Waals surface area contributed by atoms with E-state index in [1.54, 1.807) is 24.5 Å². The third-order valence-electron chi connectivity index (χ3n) is 3.65. The summed E-state index contributed by atoms with van der Waals surface area (Å²) in [6.07, 6.45) is 5.39. The Labute approximate surface area is 118 Å². The Bertz CT molecular complexity index is 616. The van der Waals surface area contributed by atoms with Crippen molar-refractivity contribution in [2.75, 3.05) is 13.6 Å². The van der Waals surface area contributed by atoms with E-state index in [9.17, 15) is 4.79 Å². The third-order valence-corrected chi connectivity index (χ3v) is 3.65. The Hall–Kier alpha value is -2.14. The molecule has 1 saturated carbocycles. The van der Waals surface area contributed by atoms with Crippen LogP contribution in [0.25, 0.3) is 5.69 Å². The van der Waals surface area contributed by atoms with Gasteiger partial charge in [0.15, 0.2) is 0 Å². The number of imidazole rings is 1. The number of amides is 1. The Kier molecular flexibility index (Phi) is 3.06. The van der Waals surface area contributed by atoms with E-state index in [0.29, 0.717) is 12.2 Å². The number of hydrogen-bond donors (Lipinski definition) is 1. The summed E-state index contributed by atoms with van der Waals surface area (Å²) in [5.74, 6) is -0.0867. The number of carbonyl (C=O) groups is 1. The van der Waals surface area contributed by atoms with Crippen LogP contribution in [0.3, 0.4) is 0 Å². The van der Waals surface area contributed by atoms with Crippen LogP contribution in [0.2, 0.25) is 0 Å². The maximum absolute atomic E-state index is 12.3. The van der Waals surface area contributed by atoms with Crippen LogP contribution in [0.1, 0.15) is 23.3 Å². The highest BCUT2D eigenvalue weighted by Crippen LogP contribution is 2.32. The number of benzene rings is 1. The van der Waals surface area contributed by atoms with Crippen LogP contribution in [0.5, 0.6) is 0 Å². The van der Waals surface area contributed by atoms with Crippen molar-refractivity contribution in [3.8, 4) is 5.69 Å². The molecule has 1 aliphatic rings. The first-order valence-corrected chi connectivity index (χ1v) is 6.71. The van der Waals surface area contributed by atoms with Gasteiger partial charge in [-0.15, -0.1) is 0 Å². The Balaban J connectivity index is 1.74. The Morgan fingerprint density at radius 3 is 2.75 bits per heavy atom. The molecule has 3 rings (SSSR count). The standard InChI is InChI=1S/C15H18N4O/c1-18(10-15(16)7-8-15)14(20)13-9-19(11-17-13)12-5-3-2-4-6-12/h2-6,9,11H,7-8,10,16H2,1H3. The predicted molar refractivity (Wildman–Crippen MR) is 76.7 cm³/mol. The molecular weight excluding hydrogens is 252 g/mol. The molecular formula is C15H18N4O. The zero-order chi connectivity index (χ0) is 14.2. The molecule has 104 valence electrons. The minimum Gasteiger partial charge on any atom is -0.338 e. The van der Waals surface area contributed by atoms with Gasteiger partial charge in [0.05, 0.1) is 0 Å². The molecule has 1 heterocycles. The lowest BCUT2D eigenvalue weighted by molar-refractivity contribution is 0.0777.